The van der Waals surface area contributed by atoms with Crippen LogP contribution in [0.1, 0.15) is 96.8 Å². The summed E-state index contributed by atoms with van der Waals surface area (Å²) in [5, 5.41) is 30.9. The molecule has 1 aliphatic rings. The largest absolute Gasteiger partial charge is 0.465 e. The molecule has 1 aliphatic carbocycles. The number of carbonyl (C=O) groups excluding carboxylic acids is 1. The fraction of sp³-hybridized carbons (Fsp3) is 0.957. The normalized spacial score (nSPS) is 26.4. The second-order valence-electron chi connectivity index (χ2n) is 9.79. The smallest absolute Gasteiger partial charge is 0.397 e. The van der Waals surface area contributed by atoms with Gasteiger partial charge in [0.15, 0.2) is 0 Å². The number of esters is 1. The Balaban J connectivity index is 2.39. The van der Waals surface area contributed by atoms with Gasteiger partial charge in [-0.15, -0.1) is 0 Å². The minimum atomic E-state index is -5.29. The number of hydrogen-bond donors (Lipinski definition) is 5. The zero-order valence-electron chi connectivity index (χ0n) is 21.9. The lowest BCUT2D eigenvalue weighted by atomic mass is 9.79. The molecule has 0 spiro atoms. The first-order valence-electron chi connectivity index (χ1n) is 13.3. The molecule has 0 amide bonds. The van der Waals surface area contributed by atoms with E-state index in [-0.39, 0.29) is 6.42 Å². The molecule has 1 saturated carbocycles. The SMILES string of the molecule is CCCCCCCCCCCCCCCC(=O)OC[C@@H]1[C@H](O)[C@H](O)[C@@H](OS(=O)(=O)O)[C@H](OS(=O)(=O)O)[C@H]1O. The maximum atomic E-state index is 12.1. The van der Waals surface area contributed by atoms with E-state index in [0.29, 0.717) is 6.42 Å². The molecular weight excluding hydrogens is 548 g/mol. The summed E-state index contributed by atoms with van der Waals surface area (Å²) in [7, 11) is -10.6. The topological polar surface area (TPSA) is 214 Å². The zero-order valence-corrected chi connectivity index (χ0v) is 23.5. The van der Waals surface area contributed by atoms with Crippen molar-refractivity contribution in [2.75, 3.05) is 6.61 Å². The number of aliphatic hydroxyl groups is 3. The molecule has 13 nitrogen and oxygen atoms in total. The van der Waals surface area contributed by atoms with E-state index in [1.165, 1.54) is 51.4 Å². The molecule has 0 aromatic rings. The molecule has 0 bridgehead atoms. The van der Waals surface area contributed by atoms with E-state index >= 15 is 0 Å². The van der Waals surface area contributed by atoms with Gasteiger partial charge >= 0.3 is 26.8 Å². The van der Waals surface area contributed by atoms with Gasteiger partial charge in [-0.05, 0) is 6.42 Å². The van der Waals surface area contributed by atoms with Gasteiger partial charge in [0.1, 0.15) is 18.3 Å². The van der Waals surface area contributed by atoms with Crippen molar-refractivity contribution >= 4 is 26.8 Å². The molecule has 38 heavy (non-hydrogen) atoms. The number of aliphatic hydroxyl groups excluding tert-OH is 3. The maximum Gasteiger partial charge on any atom is 0.397 e. The molecule has 6 atom stereocenters. The zero-order chi connectivity index (χ0) is 28.8. The van der Waals surface area contributed by atoms with Crippen LogP contribution in [0.25, 0.3) is 0 Å². The van der Waals surface area contributed by atoms with Gasteiger partial charge in [-0.25, -0.2) is 8.37 Å². The lowest BCUT2D eigenvalue weighted by Crippen LogP contribution is -2.64. The average molecular weight is 593 g/mol. The average Bonchev–Trinajstić information content (AvgIpc) is 2.81. The van der Waals surface area contributed by atoms with Crippen LogP contribution >= 0.6 is 0 Å². The minimum absolute atomic E-state index is 0.0681. The summed E-state index contributed by atoms with van der Waals surface area (Å²) in [6.45, 7) is 1.54. The van der Waals surface area contributed by atoms with Crippen LogP contribution in [-0.2, 0) is 38.7 Å². The summed E-state index contributed by atoms with van der Waals surface area (Å²) in [5.74, 6) is -2.17. The van der Waals surface area contributed by atoms with E-state index < -0.39 is 69.8 Å². The third-order valence-electron chi connectivity index (χ3n) is 6.61. The number of ether oxygens (including phenoxy) is 1. The van der Waals surface area contributed by atoms with Gasteiger partial charge in [0, 0.05) is 6.42 Å². The van der Waals surface area contributed by atoms with E-state index in [4.69, 9.17) is 13.8 Å². The standard InChI is InChI=1S/C23H44O13S2/c1-2-3-4-5-6-7-8-9-10-11-12-13-14-15-18(24)34-16-17-19(25)21(27)23(36-38(31,32)33)22(20(17)26)35-37(28,29)30/h17,19-23,25-27H,2-16H2,1H3,(H,28,29,30)(H,31,32,33)/t17-,19+,20+,21+,22-,23-/m1/s1. The number of hydrogen-bond acceptors (Lipinski definition) is 11. The Morgan fingerprint density at radius 2 is 1.03 bits per heavy atom. The molecule has 226 valence electrons. The predicted octanol–water partition coefficient (Wildman–Crippen LogP) is 2.10. The van der Waals surface area contributed by atoms with Gasteiger partial charge in [0.05, 0.1) is 24.7 Å². The van der Waals surface area contributed by atoms with Crippen molar-refractivity contribution in [1.29, 1.82) is 0 Å². The van der Waals surface area contributed by atoms with Crippen molar-refractivity contribution in [3.8, 4) is 0 Å². The third kappa shape index (κ3) is 14.5. The van der Waals surface area contributed by atoms with Gasteiger partial charge in [-0.2, -0.15) is 16.8 Å². The minimum Gasteiger partial charge on any atom is -0.465 e. The Labute approximate surface area is 225 Å². The third-order valence-corrected chi connectivity index (χ3v) is 7.54. The summed E-state index contributed by atoms with van der Waals surface area (Å²) >= 11 is 0. The summed E-state index contributed by atoms with van der Waals surface area (Å²) in [6.07, 6.45) is 4.06. The summed E-state index contributed by atoms with van der Waals surface area (Å²) in [6, 6.07) is 0. The molecular formula is C23H44O13S2. The van der Waals surface area contributed by atoms with Gasteiger partial charge in [-0.3, -0.25) is 13.9 Å². The molecule has 0 saturated heterocycles. The lowest BCUT2D eigenvalue weighted by Gasteiger charge is -2.43. The van der Waals surface area contributed by atoms with E-state index in [1.54, 1.807) is 0 Å². The lowest BCUT2D eigenvalue weighted by molar-refractivity contribution is -0.200. The fourth-order valence-electron chi connectivity index (χ4n) is 4.53. The van der Waals surface area contributed by atoms with Crippen molar-refractivity contribution in [2.24, 2.45) is 5.92 Å². The van der Waals surface area contributed by atoms with Crippen molar-refractivity contribution < 1.29 is 59.2 Å². The highest BCUT2D eigenvalue weighted by molar-refractivity contribution is 7.81. The molecule has 0 heterocycles. The van der Waals surface area contributed by atoms with Crippen molar-refractivity contribution in [1.82, 2.24) is 0 Å². The highest BCUT2D eigenvalue weighted by atomic mass is 32.3. The maximum absolute atomic E-state index is 12.1. The Kier molecular flexibility index (Phi) is 16.4. The van der Waals surface area contributed by atoms with Crippen LogP contribution in [0.15, 0.2) is 0 Å². The van der Waals surface area contributed by atoms with Crippen LogP contribution in [0.3, 0.4) is 0 Å². The molecule has 0 aromatic carbocycles. The Hall–Kier alpha value is -0.910. The van der Waals surface area contributed by atoms with Crippen LogP contribution in [0.2, 0.25) is 0 Å². The summed E-state index contributed by atoms with van der Waals surface area (Å²) in [4.78, 5) is 12.1. The first kappa shape index (κ1) is 35.1. The van der Waals surface area contributed by atoms with E-state index in [1.807, 2.05) is 0 Å². The van der Waals surface area contributed by atoms with Crippen molar-refractivity contribution in [2.45, 2.75) is 127 Å². The van der Waals surface area contributed by atoms with E-state index in [2.05, 4.69) is 15.3 Å². The van der Waals surface area contributed by atoms with E-state index in [9.17, 15) is 36.9 Å². The van der Waals surface area contributed by atoms with Gasteiger partial charge in [0.2, 0.25) is 0 Å². The molecule has 1 rings (SSSR count). The molecule has 0 unspecified atom stereocenters. The van der Waals surface area contributed by atoms with Crippen LogP contribution < -0.4 is 0 Å². The molecule has 0 aromatic heterocycles. The second-order valence-corrected chi connectivity index (χ2v) is 11.9. The predicted molar refractivity (Wildman–Crippen MR) is 136 cm³/mol. The van der Waals surface area contributed by atoms with Crippen LogP contribution in [0, 0.1) is 5.92 Å². The molecule has 0 radical (unpaired) electrons. The Morgan fingerprint density at radius 1 is 0.632 bits per heavy atom. The van der Waals surface area contributed by atoms with E-state index in [0.717, 1.165) is 25.7 Å². The number of carbonyl (C=O) groups is 1. The Morgan fingerprint density at radius 3 is 1.45 bits per heavy atom. The van der Waals surface area contributed by atoms with Crippen molar-refractivity contribution in [3.05, 3.63) is 0 Å². The Bertz CT molecular complexity index is 878. The van der Waals surface area contributed by atoms with Crippen LogP contribution in [-0.4, -0.2) is 84.4 Å². The highest BCUT2D eigenvalue weighted by Crippen LogP contribution is 2.32. The number of unbranched alkanes of at least 4 members (excludes halogenated alkanes) is 12. The van der Waals surface area contributed by atoms with Crippen LogP contribution in [0.4, 0.5) is 0 Å². The number of rotatable bonds is 20. The summed E-state index contributed by atoms with van der Waals surface area (Å²) < 4.78 is 75.6. The molecule has 1 fully saturated rings. The monoisotopic (exact) mass is 592 g/mol. The highest BCUT2D eigenvalue weighted by Gasteiger charge is 2.54. The van der Waals surface area contributed by atoms with Crippen molar-refractivity contribution in [3.63, 3.8) is 0 Å². The first-order chi connectivity index (χ1) is 17.8. The quantitative estimate of drug-likeness (QED) is 0.0779. The molecule has 5 N–H and O–H groups in total. The second kappa shape index (κ2) is 17.7. The first-order valence-corrected chi connectivity index (χ1v) is 16.0. The van der Waals surface area contributed by atoms with Crippen LogP contribution in [0.5, 0.6) is 0 Å². The summed E-state index contributed by atoms with van der Waals surface area (Å²) in [5.41, 5.74) is 0. The fourth-order valence-corrected chi connectivity index (χ4v) is 5.54. The molecule has 0 aliphatic heterocycles. The van der Waals surface area contributed by atoms with Gasteiger partial charge < -0.3 is 20.1 Å². The van der Waals surface area contributed by atoms with Gasteiger partial charge in [-0.1, -0.05) is 84.0 Å². The molecule has 15 heteroatoms. The van der Waals surface area contributed by atoms with Gasteiger partial charge in [0.25, 0.3) is 0 Å².